The zero-order valence-corrected chi connectivity index (χ0v) is 42.2. The van der Waals surface area contributed by atoms with Crippen LogP contribution in [0.1, 0.15) is 90.0 Å². The molecule has 0 radical (unpaired) electrons. The number of fused-ring (bicyclic) bond motifs is 1. The first-order chi connectivity index (χ1) is 27.4. The van der Waals surface area contributed by atoms with Gasteiger partial charge in [0, 0.05) is 27.7 Å². The summed E-state index contributed by atoms with van der Waals surface area (Å²) in [6, 6.07) is 3.68. The molecule has 3 amide bonds. The van der Waals surface area contributed by atoms with E-state index in [1.165, 1.54) is 21.8 Å². The van der Waals surface area contributed by atoms with Crippen molar-refractivity contribution < 1.29 is 42.3 Å². The topological polar surface area (TPSA) is 155 Å². The molecule has 1 aromatic heterocycles. The molecule has 1 fully saturated rings. The fourth-order valence-electron chi connectivity index (χ4n) is 7.24. The summed E-state index contributed by atoms with van der Waals surface area (Å²) in [6.45, 7) is 33.9. The summed E-state index contributed by atoms with van der Waals surface area (Å²) in [5.41, 5.74) is -0.507. The van der Waals surface area contributed by atoms with Crippen molar-refractivity contribution in [2.45, 2.75) is 162 Å². The average molecular weight is 877 g/mol. The third-order valence-corrected chi connectivity index (χ3v) is 21.9. The Morgan fingerprint density at radius 2 is 1.37 bits per heavy atom. The van der Waals surface area contributed by atoms with Crippen LogP contribution in [0.2, 0.25) is 36.3 Å². The fraction of sp³-hybridized carbons (Fsp3) is 0.767. The van der Waals surface area contributed by atoms with E-state index in [1.807, 2.05) is 41.5 Å². The van der Waals surface area contributed by atoms with Gasteiger partial charge < -0.3 is 37.9 Å². The third-order valence-electron chi connectivity index (χ3n) is 13.0. The van der Waals surface area contributed by atoms with Crippen molar-refractivity contribution in [2.24, 2.45) is 17.8 Å². The molecule has 0 bridgehead atoms. The van der Waals surface area contributed by atoms with E-state index in [0.29, 0.717) is 11.0 Å². The highest BCUT2D eigenvalue weighted by Gasteiger charge is 2.62. The maximum absolute atomic E-state index is 15.3. The van der Waals surface area contributed by atoms with Crippen LogP contribution in [0.5, 0.6) is 0 Å². The van der Waals surface area contributed by atoms with Crippen LogP contribution in [0.15, 0.2) is 24.3 Å². The Bertz CT molecular complexity index is 1820. The van der Waals surface area contributed by atoms with Gasteiger partial charge in [0.2, 0.25) is 11.8 Å². The number of benzene rings is 1. The van der Waals surface area contributed by atoms with Gasteiger partial charge in [0.1, 0.15) is 41.6 Å². The van der Waals surface area contributed by atoms with E-state index in [0.717, 1.165) is 4.85 Å². The summed E-state index contributed by atoms with van der Waals surface area (Å²) in [4.78, 5) is 70.6. The lowest BCUT2D eigenvalue weighted by atomic mass is 9.93. The molecule has 3 rings (SSSR count). The van der Waals surface area contributed by atoms with Crippen LogP contribution in [0.25, 0.3) is 11.0 Å². The number of para-hydroxylation sites is 1. The lowest BCUT2D eigenvalue weighted by Crippen LogP contribution is -2.62. The fourth-order valence-corrected chi connectivity index (χ4v) is 9.97. The predicted molar refractivity (Wildman–Crippen MR) is 238 cm³/mol. The smallest absolute Gasteiger partial charge is 0.360 e. The molecule has 0 aliphatic carbocycles. The van der Waals surface area contributed by atoms with Crippen LogP contribution in [-0.4, -0.2) is 141 Å². The Morgan fingerprint density at radius 3 is 1.87 bits per heavy atom. The molecule has 2 aromatic rings. The van der Waals surface area contributed by atoms with Gasteiger partial charge in [-0.3, -0.25) is 14.4 Å². The molecular formula is C43H76N6O9Si2. The molecule has 0 saturated carbocycles. The number of carbonyl (C=O) groups is 4. The van der Waals surface area contributed by atoms with E-state index in [9.17, 15) is 14.4 Å². The summed E-state index contributed by atoms with van der Waals surface area (Å²) >= 11 is 0. The average Bonchev–Trinajstić information content (AvgIpc) is 3.65. The first-order valence-electron chi connectivity index (χ1n) is 21.2. The number of carbonyl (C=O) groups excluding carboxylic acids is 4. The molecule has 6 atom stereocenters. The maximum Gasteiger partial charge on any atom is 0.360 e. The molecule has 340 valence electrons. The number of likely N-dealkylation sites (tertiary alicyclic amines) is 1. The van der Waals surface area contributed by atoms with Crippen molar-refractivity contribution >= 4 is 51.4 Å². The zero-order valence-electron chi connectivity index (χ0n) is 40.2. The number of nitrogens with zero attached hydrogens (tertiary/aromatic N) is 6. The minimum absolute atomic E-state index is 0.0401. The lowest BCUT2D eigenvalue weighted by Gasteiger charge is -2.43. The number of amides is 3. The maximum atomic E-state index is 15.3. The van der Waals surface area contributed by atoms with Gasteiger partial charge in [0.05, 0.1) is 6.10 Å². The summed E-state index contributed by atoms with van der Waals surface area (Å²) in [6.07, 6.45) is -1.56. The Balaban J connectivity index is 2.13. The number of rotatable bonds is 17. The number of ether oxygens (including phenoxy) is 2. The van der Waals surface area contributed by atoms with E-state index in [-0.39, 0.29) is 41.2 Å². The first-order valence-corrected chi connectivity index (χ1v) is 27.0. The van der Waals surface area contributed by atoms with Crippen LogP contribution in [-0.2, 0) is 37.5 Å². The third kappa shape index (κ3) is 10.7. The van der Waals surface area contributed by atoms with E-state index >= 15 is 4.79 Å². The van der Waals surface area contributed by atoms with E-state index in [4.69, 9.17) is 23.2 Å². The molecule has 15 nitrogen and oxygen atoms in total. The van der Waals surface area contributed by atoms with Crippen molar-refractivity contribution in [3.63, 3.8) is 0 Å². The van der Waals surface area contributed by atoms with Crippen molar-refractivity contribution in [3.8, 4) is 0 Å². The predicted octanol–water partition coefficient (Wildman–Crippen LogP) is 6.38. The number of hydrogen-bond donors (Lipinski definition) is 0. The van der Waals surface area contributed by atoms with Crippen molar-refractivity contribution in [3.05, 3.63) is 24.3 Å². The molecule has 0 unspecified atom stereocenters. The van der Waals surface area contributed by atoms with Gasteiger partial charge in [-0.2, -0.15) is 0 Å². The summed E-state index contributed by atoms with van der Waals surface area (Å²) in [5, 5.41) is 7.84. The van der Waals surface area contributed by atoms with Crippen LogP contribution in [0.3, 0.4) is 0 Å². The highest BCUT2D eigenvalue weighted by molar-refractivity contribution is 6.74. The monoisotopic (exact) mass is 877 g/mol. The first kappa shape index (κ1) is 51.1. The number of likely N-dealkylation sites (N-methyl/N-ethyl adjacent to an activating group) is 2. The van der Waals surface area contributed by atoms with Crippen molar-refractivity contribution in [2.75, 3.05) is 34.5 Å². The minimum Gasteiger partial charge on any atom is -0.409 e. The van der Waals surface area contributed by atoms with Crippen LogP contribution >= 0.6 is 0 Å². The van der Waals surface area contributed by atoms with Crippen LogP contribution in [0.4, 0.5) is 0 Å². The van der Waals surface area contributed by atoms with Gasteiger partial charge in [-0.25, -0.2) is 4.79 Å². The quantitative estimate of drug-likeness (QED) is 0.0989. The molecule has 1 aromatic carbocycles. The number of aromatic nitrogens is 3. The van der Waals surface area contributed by atoms with E-state index in [2.05, 4.69) is 78.0 Å². The summed E-state index contributed by atoms with van der Waals surface area (Å²) in [7, 11) is -0.243. The van der Waals surface area contributed by atoms with Gasteiger partial charge in [-0.1, -0.05) is 100 Å². The highest BCUT2D eigenvalue weighted by atomic mass is 28.4. The molecule has 1 aliphatic rings. The SMILES string of the molecule is COCO[C@]1(C)[C@H](O[Si](C)(C)C(C)(C)C)CN(C(=O)[C@H](C(C)C)N(C)C(=O)[C@H](C(C)C)N(C)C(=O)[C@H](O[Si](C)(C)C(C)(C)C)C(C)C)[C@@H]1C(=O)On1nnc2ccccc21. The van der Waals surface area contributed by atoms with Crippen molar-refractivity contribution in [1.82, 2.24) is 29.9 Å². The van der Waals surface area contributed by atoms with E-state index < -0.39 is 76.3 Å². The van der Waals surface area contributed by atoms with Crippen LogP contribution in [0, 0.1) is 17.8 Å². The molecule has 0 spiro atoms. The Labute approximate surface area is 361 Å². The van der Waals surface area contributed by atoms with Gasteiger partial charge in [0.15, 0.2) is 22.7 Å². The second-order valence-electron chi connectivity index (χ2n) is 20.7. The van der Waals surface area contributed by atoms with Crippen LogP contribution < -0.4 is 4.84 Å². The Morgan fingerprint density at radius 1 is 0.833 bits per heavy atom. The largest absolute Gasteiger partial charge is 0.409 e. The molecule has 0 N–H and O–H groups in total. The number of hydrogen-bond acceptors (Lipinski definition) is 11. The molecule has 1 saturated heterocycles. The Hall–Kier alpha value is -3.23. The van der Waals surface area contributed by atoms with Gasteiger partial charge in [0.25, 0.3) is 5.91 Å². The second-order valence-corrected chi connectivity index (χ2v) is 30.2. The standard InChI is InChI=1S/C43H76N6O9Si2/c1-27(2)33(47(15)39(52)35(29(5)6)58-60(19,20)42(10,11)12)37(50)46(14)34(28(3)4)38(51)48-25-32(57-59(17,18)41(7,8)9)43(13,55-26-54-16)36(48)40(53)56-49-31-24-22-21-23-30(31)44-45-49/h21-24,27-29,32-36H,25-26H2,1-20H3/t32-,33+,34+,35-,36-,43-/m1/s1. The zero-order chi connectivity index (χ0) is 46.1. The molecule has 17 heteroatoms. The van der Waals surface area contributed by atoms with Crippen molar-refractivity contribution in [1.29, 1.82) is 0 Å². The molecule has 2 heterocycles. The number of methoxy groups -OCH3 is 1. The summed E-state index contributed by atoms with van der Waals surface area (Å²) in [5.74, 6) is -2.94. The van der Waals surface area contributed by atoms with E-state index in [1.54, 1.807) is 45.3 Å². The van der Waals surface area contributed by atoms with Gasteiger partial charge in [-0.15, -0.1) is 5.10 Å². The molecule has 60 heavy (non-hydrogen) atoms. The van der Waals surface area contributed by atoms with Gasteiger partial charge >= 0.3 is 5.97 Å². The Kier molecular flexibility index (Phi) is 16.2. The highest BCUT2D eigenvalue weighted by Crippen LogP contribution is 2.44. The summed E-state index contributed by atoms with van der Waals surface area (Å²) < 4.78 is 25.5. The minimum atomic E-state index is -2.56. The molecule has 1 aliphatic heterocycles. The lowest BCUT2D eigenvalue weighted by molar-refractivity contribution is -0.185. The molecular weight excluding hydrogens is 801 g/mol. The second kappa shape index (κ2) is 19.0. The normalized spacial score (nSPS) is 20.8. The van der Waals surface area contributed by atoms with Gasteiger partial charge in [-0.05, 0) is 78.3 Å².